The van der Waals surface area contributed by atoms with Gasteiger partial charge < -0.3 is 19.9 Å². The topological polar surface area (TPSA) is 98.5 Å². The molecule has 1 amide bonds. The predicted octanol–water partition coefficient (Wildman–Crippen LogP) is 5.57. The highest BCUT2D eigenvalue weighted by atomic mass is 19.4. The molecule has 1 fully saturated rings. The van der Waals surface area contributed by atoms with Crippen molar-refractivity contribution >= 4 is 16.8 Å². The number of rotatable bonds is 7. The van der Waals surface area contributed by atoms with Gasteiger partial charge in [-0.1, -0.05) is 13.8 Å². The van der Waals surface area contributed by atoms with Crippen LogP contribution in [0.3, 0.4) is 0 Å². The number of aliphatic hydroxyl groups is 1. The lowest BCUT2D eigenvalue weighted by Crippen LogP contribution is -2.51. The number of carbonyl (C=O) groups is 1. The lowest BCUT2D eigenvalue weighted by molar-refractivity contribution is -0.265. The van der Waals surface area contributed by atoms with Crippen LogP contribution in [-0.2, 0) is 11.0 Å². The Hall–Kier alpha value is -4.26. The van der Waals surface area contributed by atoms with Gasteiger partial charge in [0.1, 0.15) is 34.3 Å². The number of nitrogens with zero attached hydrogens (tertiary/aromatic N) is 3. The van der Waals surface area contributed by atoms with Gasteiger partial charge in [0.2, 0.25) is 5.60 Å². The van der Waals surface area contributed by atoms with Crippen molar-refractivity contribution in [2.75, 3.05) is 20.3 Å². The van der Waals surface area contributed by atoms with E-state index < -0.39 is 47.0 Å². The summed E-state index contributed by atoms with van der Waals surface area (Å²) in [6.45, 7) is 2.15. The lowest BCUT2D eigenvalue weighted by Gasteiger charge is -2.31. The van der Waals surface area contributed by atoms with Crippen LogP contribution < -0.4 is 14.8 Å². The second-order valence-corrected chi connectivity index (χ2v) is 11.5. The molecule has 2 N–H and O–H groups in total. The van der Waals surface area contributed by atoms with E-state index >= 15 is 0 Å². The molecule has 1 aliphatic heterocycles. The van der Waals surface area contributed by atoms with Crippen LogP contribution in [0.1, 0.15) is 54.3 Å². The molecule has 0 saturated heterocycles. The monoisotopic (exact) mass is 602 g/mol. The number of alkyl halides is 3. The molecular formula is C30H27F5N4O4. The first-order valence-corrected chi connectivity index (χ1v) is 13.5. The Morgan fingerprint density at radius 1 is 1.19 bits per heavy atom. The number of hydrogen-bond donors (Lipinski definition) is 2. The maximum atomic E-state index is 14.8. The Morgan fingerprint density at radius 3 is 2.58 bits per heavy atom. The third kappa shape index (κ3) is 4.94. The maximum Gasteiger partial charge on any atom is 0.424 e. The van der Waals surface area contributed by atoms with Crippen molar-refractivity contribution < 1.29 is 41.3 Å². The van der Waals surface area contributed by atoms with E-state index in [4.69, 9.17) is 9.47 Å². The Kier molecular flexibility index (Phi) is 6.64. The highest BCUT2D eigenvalue weighted by Gasteiger charge is 2.57. The van der Waals surface area contributed by atoms with Gasteiger partial charge in [0, 0.05) is 39.8 Å². The Balaban J connectivity index is 1.39. The summed E-state index contributed by atoms with van der Waals surface area (Å²) in [5, 5.41) is 18.5. The zero-order chi connectivity index (χ0) is 30.9. The molecule has 4 aromatic rings. The molecule has 6 rings (SSSR count). The molecule has 0 unspecified atom stereocenters. The molecule has 0 spiro atoms. The van der Waals surface area contributed by atoms with Gasteiger partial charge in [0.15, 0.2) is 0 Å². The SMILES string of the molecule is COc1cc(C(=O)NC[C@@](O)(c2cc3c(c(-c4ccc(F)cc4F)n2)OCC3(C)C)C(F)(F)F)cc2cn(C3CC3)nc12. The van der Waals surface area contributed by atoms with E-state index in [2.05, 4.69) is 15.4 Å². The van der Waals surface area contributed by atoms with E-state index in [1.807, 2.05) is 0 Å². The van der Waals surface area contributed by atoms with Crippen LogP contribution in [0.25, 0.3) is 22.2 Å². The number of methoxy groups -OCH3 is 1. The minimum atomic E-state index is -5.32. The highest BCUT2D eigenvalue weighted by Crippen LogP contribution is 2.48. The molecule has 2 aromatic heterocycles. The average Bonchev–Trinajstić information content (AvgIpc) is 3.63. The molecule has 1 atom stereocenters. The van der Waals surface area contributed by atoms with Crippen molar-refractivity contribution in [3.05, 3.63) is 71.1 Å². The summed E-state index contributed by atoms with van der Waals surface area (Å²) in [4.78, 5) is 17.2. The average molecular weight is 603 g/mol. The van der Waals surface area contributed by atoms with Crippen molar-refractivity contribution in [1.29, 1.82) is 0 Å². The largest absolute Gasteiger partial charge is 0.494 e. The standard InChI is InChI=1S/C30H27F5N4O4/c1-28(2)14-43-26-20(28)11-23(37-25(26)19-7-4-17(31)10-21(19)32)29(41,30(33,34)35)13-36-27(40)15-8-16-12-39(18-5-6-18)38-24(16)22(9-15)42-3/h4,7-12,18,41H,5-6,13-14H2,1-3H3,(H,36,40)/t29-/m1/s1. The van der Waals surface area contributed by atoms with Gasteiger partial charge in [-0.3, -0.25) is 9.48 Å². The van der Waals surface area contributed by atoms with E-state index in [0.717, 1.165) is 31.0 Å². The summed E-state index contributed by atoms with van der Waals surface area (Å²) in [5.74, 6) is -2.57. The van der Waals surface area contributed by atoms with Crippen LogP contribution in [0.4, 0.5) is 22.0 Å². The normalized spacial score (nSPS) is 17.3. The second kappa shape index (κ2) is 9.90. The van der Waals surface area contributed by atoms with Crippen LogP contribution in [0, 0.1) is 11.6 Å². The van der Waals surface area contributed by atoms with Crippen molar-refractivity contribution in [3.63, 3.8) is 0 Å². The van der Waals surface area contributed by atoms with Crippen molar-refractivity contribution in [2.24, 2.45) is 0 Å². The van der Waals surface area contributed by atoms with Gasteiger partial charge in [-0.25, -0.2) is 13.8 Å². The second-order valence-electron chi connectivity index (χ2n) is 11.5. The number of amides is 1. The first-order valence-electron chi connectivity index (χ1n) is 13.5. The number of hydrogen-bond acceptors (Lipinski definition) is 6. The summed E-state index contributed by atoms with van der Waals surface area (Å²) in [6, 6.07) is 6.69. The number of fused-ring (bicyclic) bond motifs is 2. The zero-order valence-corrected chi connectivity index (χ0v) is 23.4. The molecule has 8 nitrogen and oxygen atoms in total. The first kappa shape index (κ1) is 28.8. The number of nitrogens with one attached hydrogen (secondary N) is 1. The maximum absolute atomic E-state index is 14.8. The number of pyridine rings is 1. The summed E-state index contributed by atoms with van der Waals surface area (Å²) in [7, 11) is 1.39. The molecule has 226 valence electrons. The highest BCUT2D eigenvalue weighted by molar-refractivity contribution is 6.00. The number of ether oxygens (including phenoxy) is 2. The number of carbonyl (C=O) groups excluding carboxylic acids is 1. The van der Waals surface area contributed by atoms with Crippen LogP contribution in [0.15, 0.2) is 42.6 Å². The summed E-state index contributed by atoms with van der Waals surface area (Å²) in [6.07, 6.45) is -1.64. The Morgan fingerprint density at radius 2 is 1.93 bits per heavy atom. The zero-order valence-electron chi connectivity index (χ0n) is 23.4. The van der Waals surface area contributed by atoms with E-state index in [9.17, 15) is 31.9 Å². The third-order valence-corrected chi connectivity index (χ3v) is 7.86. The summed E-state index contributed by atoms with van der Waals surface area (Å²) < 4.78 is 85.2. The molecule has 1 aliphatic carbocycles. The molecule has 13 heteroatoms. The van der Waals surface area contributed by atoms with Gasteiger partial charge >= 0.3 is 6.18 Å². The fraction of sp³-hybridized carbons (Fsp3) is 0.367. The Labute approximate surface area is 242 Å². The predicted molar refractivity (Wildman–Crippen MR) is 145 cm³/mol. The third-order valence-electron chi connectivity index (χ3n) is 7.86. The minimum Gasteiger partial charge on any atom is -0.494 e. The van der Waals surface area contributed by atoms with E-state index in [-0.39, 0.29) is 46.5 Å². The van der Waals surface area contributed by atoms with Crippen molar-refractivity contribution in [2.45, 2.75) is 49.9 Å². The molecule has 2 aromatic carbocycles. The number of aromatic nitrogens is 3. The van der Waals surface area contributed by atoms with Crippen LogP contribution in [0.2, 0.25) is 0 Å². The van der Waals surface area contributed by atoms with E-state index in [1.165, 1.54) is 19.2 Å². The lowest BCUT2D eigenvalue weighted by atomic mass is 9.84. The van der Waals surface area contributed by atoms with Crippen molar-refractivity contribution in [3.8, 4) is 22.8 Å². The quantitative estimate of drug-likeness (QED) is 0.269. The first-order chi connectivity index (χ1) is 20.2. The fourth-order valence-electron chi connectivity index (χ4n) is 5.17. The molecule has 43 heavy (non-hydrogen) atoms. The number of benzene rings is 2. The Bertz CT molecular complexity index is 1770. The summed E-state index contributed by atoms with van der Waals surface area (Å²) in [5.41, 5.74) is -5.29. The molecule has 0 radical (unpaired) electrons. The molecule has 0 bridgehead atoms. The molecular weight excluding hydrogens is 575 g/mol. The molecule has 1 saturated carbocycles. The van der Waals surface area contributed by atoms with E-state index in [0.29, 0.717) is 17.0 Å². The number of halogens is 5. The fourth-order valence-corrected chi connectivity index (χ4v) is 5.17. The van der Waals surface area contributed by atoms with Crippen LogP contribution >= 0.6 is 0 Å². The van der Waals surface area contributed by atoms with Crippen LogP contribution in [0.5, 0.6) is 11.5 Å². The van der Waals surface area contributed by atoms with Gasteiger partial charge in [-0.15, -0.1) is 0 Å². The molecule has 2 aliphatic rings. The van der Waals surface area contributed by atoms with E-state index in [1.54, 1.807) is 24.7 Å². The molecule has 3 heterocycles. The minimum absolute atomic E-state index is 0.00487. The summed E-state index contributed by atoms with van der Waals surface area (Å²) >= 11 is 0. The smallest absolute Gasteiger partial charge is 0.424 e. The van der Waals surface area contributed by atoms with Crippen LogP contribution in [-0.4, -0.2) is 52.2 Å². The van der Waals surface area contributed by atoms with Gasteiger partial charge in [0.05, 0.1) is 32.0 Å². The van der Waals surface area contributed by atoms with Gasteiger partial charge in [-0.05, 0) is 43.2 Å². The van der Waals surface area contributed by atoms with Gasteiger partial charge in [0.25, 0.3) is 5.91 Å². The van der Waals surface area contributed by atoms with Crippen molar-refractivity contribution in [1.82, 2.24) is 20.1 Å². The van der Waals surface area contributed by atoms with Gasteiger partial charge in [-0.2, -0.15) is 18.3 Å².